The van der Waals surface area contributed by atoms with E-state index in [1.54, 1.807) is 0 Å². The van der Waals surface area contributed by atoms with Gasteiger partial charge in [-0.05, 0) is 0 Å². The molecule has 7 heteroatoms. The first-order chi connectivity index (χ1) is 5.70. The van der Waals surface area contributed by atoms with Crippen molar-refractivity contribution >= 4 is 11.0 Å². The van der Waals surface area contributed by atoms with E-state index < -0.39 is 11.2 Å². The van der Waals surface area contributed by atoms with Crippen molar-refractivity contribution < 1.29 is 5.21 Å². The Hall–Kier alpha value is -2.05. The molecule has 0 aliphatic carbocycles. The number of aromatic amines is 2. The molecule has 0 saturated carbocycles. The third-order valence-electron chi connectivity index (χ3n) is 1.49. The van der Waals surface area contributed by atoms with Crippen molar-refractivity contribution in [3.63, 3.8) is 0 Å². The highest BCUT2D eigenvalue weighted by Crippen LogP contribution is 1.95. The van der Waals surface area contributed by atoms with Crippen LogP contribution in [0.25, 0.3) is 11.0 Å². The predicted molar refractivity (Wildman–Crippen MR) is 38.2 cm³/mol. The first-order valence-electron chi connectivity index (χ1n) is 3.08. The summed E-state index contributed by atoms with van der Waals surface area (Å²) in [5.41, 5.74) is -1.48. The average molecular weight is 168 g/mol. The molecule has 3 N–H and O–H groups in total. The number of rotatable bonds is 0. The van der Waals surface area contributed by atoms with Crippen molar-refractivity contribution in [2.75, 3.05) is 0 Å². The standard InChI is InChI=1S/C5H4N4O3/c10-4-2-1-6-8-3(2)7-5(11)9(4)12/h1,12H,(H2,6,7,8,11). The highest BCUT2D eigenvalue weighted by atomic mass is 16.5. The molecule has 62 valence electrons. The van der Waals surface area contributed by atoms with Crippen molar-refractivity contribution in [2.24, 2.45) is 0 Å². The smallest absolute Gasteiger partial charge is 0.363 e. The van der Waals surface area contributed by atoms with Crippen LogP contribution in [-0.2, 0) is 0 Å². The van der Waals surface area contributed by atoms with E-state index in [0.717, 1.165) is 0 Å². The van der Waals surface area contributed by atoms with Gasteiger partial charge in [-0.2, -0.15) is 5.10 Å². The number of nitrogens with one attached hydrogen (secondary N) is 2. The van der Waals surface area contributed by atoms with E-state index in [9.17, 15) is 9.59 Å². The molecule has 0 aliphatic heterocycles. The molecule has 2 rings (SSSR count). The predicted octanol–water partition coefficient (Wildman–Crippen LogP) is -1.35. The minimum Gasteiger partial charge on any atom is -0.421 e. The minimum atomic E-state index is -0.892. The fraction of sp³-hybridized carbons (Fsp3) is 0. The summed E-state index contributed by atoms with van der Waals surface area (Å²) in [4.78, 5) is 24.0. The maximum absolute atomic E-state index is 11.0. The van der Waals surface area contributed by atoms with E-state index in [1.807, 2.05) is 0 Å². The zero-order valence-corrected chi connectivity index (χ0v) is 5.74. The van der Waals surface area contributed by atoms with Crippen LogP contribution in [0.2, 0.25) is 0 Å². The van der Waals surface area contributed by atoms with Crippen LogP contribution >= 0.6 is 0 Å². The van der Waals surface area contributed by atoms with Crippen LogP contribution in [-0.4, -0.2) is 25.1 Å². The molecule has 0 aromatic carbocycles. The third-order valence-corrected chi connectivity index (χ3v) is 1.49. The number of hydrogen-bond acceptors (Lipinski definition) is 4. The molecule has 0 unspecified atom stereocenters. The van der Waals surface area contributed by atoms with Gasteiger partial charge in [0, 0.05) is 0 Å². The Labute approximate surface area is 64.2 Å². The third kappa shape index (κ3) is 0.669. The Kier molecular flexibility index (Phi) is 1.09. The van der Waals surface area contributed by atoms with E-state index in [4.69, 9.17) is 5.21 Å². The second-order valence-corrected chi connectivity index (χ2v) is 2.21. The Morgan fingerprint density at radius 2 is 2.25 bits per heavy atom. The van der Waals surface area contributed by atoms with E-state index in [2.05, 4.69) is 15.2 Å². The van der Waals surface area contributed by atoms with Gasteiger partial charge in [0.25, 0.3) is 0 Å². The van der Waals surface area contributed by atoms with E-state index in [1.165, 1.54) is 6.20 Å². The average Bonchev–Trinajstić information content (AvgIpc) is 2.48. The zero-order chi connectivity index (χ0) is 8.72. The first kappa shape index (κ1) is 6.65. The highest BCUT2D eigenvalue weighted by Gasteiger charge is 2.06. The molecule has 0 saturated heterocycles. The fourth-order valence-corrected chi connectivity index (χ4v) is 0.910. The van der Waals surface area contributed by atoms with E-state index >= 15 is 0 Å². The molecule has 0 bridgehead atoms. The van der Waals surface area contributed by atoms with Gasteiger partial charge in [-0.25, -0.2) is 4.79 Å². The summed E-state index contributed by atoms with van der Waals surface area (Å²) in [6, 6.07) is 0. The van der Waals surface area contributed by atoms with Crippen molar-refractivity contribution in [1.29, 1.82) is 0 Å². The molecule has 2 heterocycles. The quantitative estimate of drug-likeness (QED) is 0.423. The molecule has 7 nitrogen and oxygen atoms in total. The lowest BCUT2D eigenvalue weighted by molar-refractivity contribution is 0.162. The Bertz CT molecular complexity index is 533. The van der Waals surface area contributed by atoms with Crippen LogP contribution in [0.15, 0.2) is 15.8 Å². The van der Waals surface area contributed by atoms with Gasteiger partial charge >= 0.3 is 11.2 Å². The summed E-state index contributed by atoms with van der Waals surface area (Å²) >= 11 is 0. The Morgan fingerprint density at radius 3 is 3.00 bits per heavy atom. The van der Waals surface area contributed by atoms with Crippen LogP contribution < -0.4 is 11.2 Å². The SMILES string of the molecule is O=c1[nH]c2[nH]ncc2c(=O)n1O. The number of H-pyrrole nitrogens is 2. The summed E-state index contributed by atoms with van der Waals surface area (Å²) < 4.78 is -0.00213. The summed E-state index contributed by atoms with van der Waals surface area (Å²) in [7, 11) is 0. The molecule has 2 aromatic rings. The Balaban J connectivity index is 3.16. The molecule has 0 radical (unpaired) electrons. The number of fused-ring (bicyclic) bond motifs is 1. The molecule has 0 amide bonds. The van der Waals surface area contributed by atoms with Crippen molar-refractivity contribution in [3.8, 4) is 0 Å². The summed E-state index contributed by atoms with van der Waals surface area (Å²) in [5, 5.41) is 14.9. The van der Waals surface area contributed by atoms with Gasteiger partial charge in [0.1, 0.15) is 11.0 Å². The number of hydrogen-bond donors (Lipinski definition) is 3. The van der Waals surface area contributed by atoms with Gasteiger partial charge in [0.2, 0.25) is 0 Å². The van der Waals surface area contributed by atoms with Crippen molar-refractivity contribution in [1.82, 2.24) is 19.9 Å². The normalized spacial score (nSPS) is 10.7. The van der Waals surface area contributed by atoms with Gasteiger partial charge in [-0.15, -0.1) is 0 Å². The lowest BCUT2D eigenvalue weighted by atomic mass is 10.4. The van der Waals surface area contributed by atoms with E-state index in [-0.39, 0.29) is 15.8 Å². The van der Waals surface area contributed by atoms with Crippen LogP contribution in [0.5, 0.6) is 0 Å². The minimum absolute atomic E-state index is 0.00213. The molecular formula is C5H4N4O3. The maximum atomic E-state index is 11.0. The second-order valence-electron chi connectivity index (χ2n) is 2.21. The van der Waals surface area contributed by atoms with Gasteiger partial charge in [0.15, 0.2) is 0 Å². The molecule has 12 heavy (non-hydrogen) atoms. The molecule has 0 fully saturated rings. The van der Waals surface area contributed by atoms with Crippen LogP contribution in [0, 0.1) is 0 Å². The molecule has 2 aromatic heterocycles. The molecular weight excluding hydrogens is 164 g/mol. The lowest BCUT2D eigenvalue weighted by Gasteiger charge is -1.91. The largest absolute Gasteiger partial charge is 0.421 e. The van der Waals surface area contributed by atoms with Crippen LogP contribution in [0.3, 0.4) is 0 Å². The maximum Gasteiger partial charge on any atom is 0.363 e. The van der Waals surface area contributed by atoms with Gasteiger partial charge < -0.3 is 5.21 Å². The van der Waals surface area contributed by atoms with Crippen LogP contribution in [0.4, 0.5) is 0 Å². The van der Waals surface area contributed by atoms with Crippen molar-refractivity contribution in [2.45, 2.75) is 0 Å². The second kappa shape index (κ2) is 1.97. The fourth-order valence-electron chi connectivity index (χ4n) is 0.910. The summed E-state index contributed by atoms with van der Waals surface area (Å²) in [5.74, 6) is 0. The molecule has 0 spiro atoms. The van der Waals surface area contributed by atoms with Crippen molar-refractivity contribution in [3.05, 3.63) is 27.0 Å². The highest BCUT2D eigenvalue weighted by molar-refractivity contribution is 5.71. The molecule has 0 aliphatic rings. The first-order valence-corrected chi connectivity index (χ1v) is 3.08. The monoisotopic (exact) mass is 168 g/mol. The van der Waals surface area contributed by atoms with Crippen LogP contribution in [0.1, 0.15) is 0 Å². The summed E-state index contributed by atoms with van der Waals surface area (Å²) in [6.07, 6.45) is 1.22. The number of aromatic nitrogens is 4. The van der Waals surface area contributed by atoms with Gasteiger partial charge in [-0.3, -0.25) is 14.9 Å². The zero-order valence-electron chi connectivity index (χ0n) is 5.74. The molecule has 0 atom stereocenters. The van der Waals surface area contributed by atoms with Gasteiger partial charge in [0.05, 0.1) is 6.20 Å². The number of nitrogens with zero attached hydrogens (tertiary/aromatic N) is 2. The Morgan fingerprint density at radius 1 is 1.50 bits per heavy atom. The van der Waals surface area contributed by atoms with Gasteiger partial charge in [-0.1, -0.05) is 4.73 Å². The summed E-state index contributed by atoms with van der Waals surface area (Å²) in [6.45, 7) is 0. The lowest BCUT2D eigenvalue weighted by Crippen LogP contribution is -2.32. The van der Waals surface area contributed by atoms with E-state index in [0.29, 0.717) is 0 Å². The topological polar surface area (TPSA) is 104 Å².